The maximum atomic E-state index is 16.0. The van der Waals surface area contributed by atoms with Crippen molar-refractivity contribution < 1.29 is 27.9 Å². The molecule has 2 saturated carbocycles. The van der Waals surface area contributed by atoms with Crippen LogP contribution in [0.5, 0.6) is 0 Å². The van der Waals surface area contributed by atoms with Gasteiger partial charge in [0.1, 0.15) is 23.5 Å². The van der Waals surface area contributed by atoms with E-state index in [1.807, 2.05) is 13.8 Å². The van der Waals surface area contributed by atoms with Crippen LogP contribution in [-0.2, 0) is 18.8 Å². The number of carbonyl (C=O) groups excluding carboxylic acids is 3. The first kappa shape index (κ1) is 39.7. The summed E-state index contributed by atoms with van der Waals surface area (Å²) in [7, 11) is -2.21. The largest absolute Gasteiger partial charge is 0.465 e. The van der Waals surface area contributed by atoms with Crippen molar-refractivity contribution >= 4 is 31.8 Å². The van der Waals surface area contributed by atoms with Gasteiger partial charge in [-0.05, 0) is 80.4 Å². The van der Waals surface area contributed by atoms with E-state index < -0.39 is 38.0 Å². The average Bonchev–Trinajstić information content (AvgIpc) is 3.57. The van der Waals surface area contributed by atoms with Crippen molar-refractivity contribution in [2.24, 2.45) is 17.8 Å². The molecule has 2 aliphatic rings. The van der Waals surface area contributed by atoms with Crippen molar-refractivity contribution in [2.45, 2.75) is 142 Å². The molecule has 2 atom stereocenters. The summed E-state index contributed by atoms with van der Waals surface area (Å²) in [6, 6.07) is 5.24. The number of nitrogens with zero attached hydrogens (tertiary/aromatic N) is 2. The molecule has 1 aromatic carbocycles. The lowest BCUT2D eigenvalue weighted by Gasteiger charge is -2.42. The van der Waals surface area contributed by atoms with Crippen LogP contribution in [0.15, 0.2) is 30.5 Å². The van der Waals surface area contributed by atoms with E-state index >= 15 is 4.39 Å². The van der Waals surface area contributed by atoms with E-state index in [1.165, 1.54) is 25.0 Å². The van der Waals surface area contributed by atoms with Gasteiger partial charge in [0.15, 0.2) is 8.32 Å². The van der Waals surface area contributed by atoms with Gasteiger partial charge in [-0.3, -0.25) is 19.1 Å². The Morgan fingerprint density at radius 3 is 2.10 bits per heavy atom. The number of aromatic nitrogens is 2. The van der Waals surface area contributed by atoms with Crippen molar-refractivity contribution in [3.63, 3.8) is 0 Å². The van der Waals surface area contributed by atoms with Gasteiger partial charge in [0.05, 0.1) is 18.9 Å². The normalized spacial score (nSPS) is 17.8. The summed E-state index contributed by atoms with van der Waals surface area (Å²) in [4.78, 5) is 41.4. The summed E-state index contributed by atoms with van der Waals surface area (Å²) in [5.41, 5.74) is 0.820. The zero-order chi connectivity index (χ0) is 36.6. The molecule has 50 heavy (non-hydrogen) atoms. The van der Waals surface area contributed by atoms with Gasteiger partial charge in [0, 0.05) is 12.2 Å². The summed E-state index contributed by atoms with van der Waals surface area (Å²) in [6.45, 7) is 16.5. The van der Waals surface area contributed by atoms with Crippen LogP contribution in [0, 0.1) is 23.6 Å². The standard InChI is InChI=1S/C39H61FN4O5Si/c1-9-48-38(47)30(25-49-50(7,8)39(4,5)6)29-20-21-32(31(40)24-29)42-37(46)35(43-36(45)33-22-23-41-44(33)26(2)3)34(27-16-12-10-13-17-27)28-18-14-11-15-19-28/h20-24,26-28,30,34-35H,9-19,25H2,1-8H3,(H,42,46)(H,43,45). The molecule has 9 nitrogen and oxygen atoms in total. The Bertz CT molecular complexity index is 1420. The summed E-state index contributed by atoms with van der Waals surface area (Å²) in [6.07, 6.45) is 12.4. The monoisotopic (exact) mass is 712 g/mol. The second kappa shape index (κ2) is 17.4. The molecule has 2 aliphatic carbocycles. The lowest BCUT2D eigenvalue weighted by molar-refractivity contribution is -0.145. The number of halogens is 1. The quantitative estimate of drug-likeness (QED) is 0.150. The number of anilines is 1. The highest BCUT2D eigenvalue weighted by molar-refractivity contribution is 6.74. The minimum absolute atomic E-state index is 0.00387. The summed E-state index contributed by atoms with van der Waals surface area (Å²) >= 11 is 0. The minimum Gasteiger partial charge on any atom is -0.465 e. The van der Waals surface area contributed by atoms with Gasteiger partial charge >= 0.3 is 5.97 Å². The lowest BCUT2D eigenvalue weighted by Crippen LogP contribution is -2.53. The van der Waals surface area contributed by atoms with Crippen LogP contribution in [0.25, 0.3) is 0 Å². The number of ether oxygens (including phenoxy) is 1. The van der Waals surface area contributed by atoms with Crippen LogP contribution < -0.4 is 10.6 Å². The Hall–Kier alpha value is -3.05. The Kier molecular flexibility index (Phi) is 13.9. The number of nitrogens with one attached hydrogen (secondary N) is 2. The summed E-state index contributed by atoms with van der Waals surface area (Å²) in [5, 5.41) is 10.3. The summed E-state index contributed by atoms with van der Waals surface area (Å²) in [5.74, 6) is -2.23. The minimum atomic E-state index is -2.21. The molecule has 2 unspecified atom stereocenters. The molecule has 1 heterocycles. The van der Waals surface area contributed by atoms with Crippen LogP contribution in [0.2, 0.25) is 18.1 Å². The third kappa shape index (κ3) is 9.84. The first-order valence-corrected chi connectivity index (χ1v) is 21.8. The Labute approximate surface area is 300 Å². The highest BCUT2D eigenvalue weighted by Gasteiger charge is 2.42. The molecule has 2 fully saturated rings. The van der Waals surface area contributed by atoms with Crippen molar-refractivity contribution in [1.29, 1.82) is 0 Å². The molecule has 278 valence electrons. The second-order valence-electron chi connectivity index (χ2n) is 16.2. The van der Waals surface area contributed by atoms with Gasteiger partial charge < -0.3 is 19.8 Å². The zero-order valence-electron chi connectivity index (χ0n) is 31.6. The van der Waals surface area contributed by atoms with Gasteiger partial charge in [-0.1, -0.05) is 91.0 Å². The Balaban J connectivity index is 1.65. The van der Waals surface area contributed by atoms with Gasteiger partial charge in [-0.2, -0.15) is 5.10 Å². The van der Waals surface area contributed by atoms with Crippen LogP contribution in [0.3, 0.4) is 0 Å². The molecule has 11 heteroatoms. The van der Waals surface area contributed by atoms with Crippen LogP contribution in [0.4, 0.5) is 10.1 Å². The number of hydrogen-bond donors (Lipinski definition) is 2. The van der Waals surface area contributed by atoms with Crippen LogP contribution in [0.1, 0.15) is 134 Å². The number of esters is 1. The van der Waals surface area contributed by atoms with E-state index in [-0.39, 0.29) is 53.6 Å². The molecule has 0 radical (unpaired) electrons. The number of rotatable bonds is 14. The van der Waals surface area contributed by atoms with Crippen molar-refractivity contribution in [3.05, 3.63) is 47.5 Å². The predicted molar refractivity (Wildman–Crippen MR) is 198 cm³/mol. The van der Waals surface area contributed by atoms with Crippen LogP contribution >= 0.6 is 0 Å². The van der Waals surface area contributed by atoms with E-state index in [4.69, 9.17) is 9.16 Å². The summed E-state index contributed by atoms with van der Waals surface area (Å²) < 4.78 is 29.4. The predicted octanol–water partition coefficient (Wildman–Crippen LogP) is 8.79. The van der Waals surface area contributed by atoms with E-state index in [2.05, 4.69) is 49.6 Å². The molecule has 2 amide bonds. The number of hydrogen-bond acceptors (Lipinski definition) is 6. The zero-order valence-corrected chi connectivity index (χ0v) is 32.6. The Morgan fingerprint density at radius 2 is 1.58 bits per heavy atom. The molecule has 4 rings (SSSR count). The Morgan fingerprint density at radius 1 is 0.980 bits per heavy atom. The fourth-order valence-electron chi connectivity index (χ4n) is 7.54. The number of amides is 2. The fraction of sp³-hybridized carbons (Fsp3) is 0.692. The molecule has 2 aromatic rings. The second-order valence-corrected chi connectivity index (χ2v) is 21.0. The van der Waals surface area contributed by atoms with Crippen LogP contribution in [-0.4, -0.2) is 55.1 Å². The fourth-order valence-corrected chi connectivity index (χ4v) is 8.55. The van der Waals surface area contributed by atoms with E-state index in [9.17, 15) is 14.4 Å². The lowest BCUT2D eigenvalue weighted by atomic mass is 9.66. The highest BCUT2D eigenvalue weighted by Crippen LogP contribution is 2.42. The van der Waals surface area contributed by atoms with Gasteiger partial charge in [0.25, 0.3) is 5.91 Å². The first-order valence-electron chi connectivity index (χ1n) is 18.9. The topological polar surface area (TPSA) is 112 Å². The maximum Gasteiger partial charge on any atom is 0.315 e. The molecule has 0 aliphatic heterocycles. The molecule has 0 saturated heterocycles. The van der Waals surface area contributed by atoms with Gasteiger partial charge in [0.2, 0.25) is 5.91 Å². The molecule has 0 spiro atoms. The van der Waals surface area contributed by atoms with E-state index in [0.717, 1.165) is 51.4 Å². The SMILES string of the molecule is CCOC(=O)C(CO[Si](C)(C)C(C)(C)C)c1ccc(NC(=O)C(NC(=O)c2ccnn2C(C)C)C(C2CCCCC2)C2CCCCC2)c(F)c1. The van der Waals surface area contributed by atoms with E-state index in [1.54, 1.807) is 29.9 Å². The van der Waals surface area contributed by atoms with Crippen molar-refractivity contribution in [1.82, 2.24) is 15.1 Å². The molecule has 1 aromatic heterocycles. The molecular weight excluding hydrogens is 652 g/mol. The first-order chi connectivity index (χ1) is 23.6. The number of carbonyl (C=O) groups is 3. The molecular formula is C39H61FN4O5Si. The van der Waals surface area contributed by atoms with Crippen molar-refractivity contribution in [2.75, 3.05) is 18.5 Å². The third-order valence-electron chi connectivity index (χ3n) is 11.4. The van der Waals surface area contributed by atoms with Gasteiger partial charge in [-0.25, -0.2) is 4.39 Å². The molecule has 0 bridgehead atoms. The third-order valence-corrected chi connectivity index (χ3v) is 15.9. The number of benzene rings is 1. The molecule has 2 N–H and O–H groups in total. The maximum absolute atomic E-state index is 16.0. The smallest absolute Gasteiger partial charge is 0.315 e. The van der Waals surface area contributed by atoms with E-state index in [0.29, 0.717) is 11.3 Å². The van der Waals surface area contributed by atoms with Gasteiger partial charge in [-0.15, -0.1) is 0 Å². The highest BCUT2D eigenvalue weighted by atomic mass is 28.4. The average molecular weight is 713 g/mol. The van der Waals surface area contributed by atoms with Crippen molar-refractivity contribution in [3.8, 4) is 0 Å².